The molecule has 9 heteroatoms. The summed E-state index contributed by atoms with van der Waals surface area (Å²) in [6, 6.07) is 5.09. The van der Waals surface area contributed by atoms with Crippen LogP contribution < -0.4 is 4.90 Å². The van der Waals surface area contributed by atoms with Crippen LogP contribution in [0.4, 0.5) is 5.69 Å². The molecular formula is C26H33ClN2O6. The molecule has 7 atom stereocenters. The molecule has 3 heterocycles. The highest BCUT2D eigenvalue weighted by Crippen LogP contribution is 2.65. The summed E-state index contributed by atoms with van der Waals surface area (Å²) < 4.78 is 6.53. The molecule has 2 N–H and O–H groups in total. The molecule has 1 spiro atoms. The minimum atomic E-state index is -1.33. The number of fused-ring (bicyclic) bond motifs is 1. The van der Waals surface area contributed by atoms with Crippen LogP contribution in [0.3, 0.4) is 0 Å². The van der Waals surface area contributed by atoms with E-state index in [9.17, 15) is 24.6 Å². The Bertz CT molecular complexity index is 1060. The van der Waals surface area contributed by atoms with Crippen LogP contribution in [0.25, 0.3) is 0 Å². The molecule has 3 unspecified atom stereocenters. The molecular weight excluding hydrogens is 472 g/mol. The van der Waals surface area contributed by atoms with E-state index in [4.69, 9.17) is 16.3 Å². The van der Waals surface area contributed by atoms with Gasteiger partial charge in [0.1, 0.15) is 17.6 Å². The third-order valence-electron chi connectivity index (χ3n) is 8.29. The Morgan fingerprint density at radius 2 is 2.03 bits per heavy atom. The Labute approximate surface area is 210 Å². The molecule has 3 fully saturated rings. The van der Waals surface area contributed by atoms with Crippen LogP contribution in [-0.4, -0.2) is 69.3 Å². The van der Waals surface area contributed by atoms with Gasteiger partial charge in [-0.05, 0) is 37.3 Å². The van der Waals surface area contributed by atoms with Crippen LogP contribution in [0.15, 0.2) is 36.9 Å². The third-order valence-corrected chi connectivity index (χ3v) is 8.61. The number of carbonyl (C=O) groups is 3. The van der Waals surface area contributed by atoms with Crippen molar-refractivity contribution in [3.05, 3.63) is 41.9 Å². The molecule has 3 aliphatic rings. The van der Waals surface area contributed by atoms with Gasteiger partial charge < -0.3 is 24.7 Å². The van der Waals surface area contributed by atoms with Crippen molar-refractivity contribution in [2.24, 2.45) is 23.7 Å². The molecule has 4 rings (SSSR count). The Balaban J connectivity index is 1.91. The van der Waals surface area contributed by atoms with Crippen LogP contribution in [0, 0.1) is 23.7 Å². The second-order valence-corrected chi connectivity index (χ2v) is 10.9. The van der Waals surface area contributed by atoms with Gasteiger partial charge in [0.05, 0.1) is 34.9 Å². The fraction of sp³-hybridized carbons (Fsp3) is 0.577. The fourth-order valence-electron chi connectivity index (χ4n) is 6.56. The largest absolute Gasteiger partial charge is 0.481 e. The molecule has 3 saturated heterocycles. The van der Waals surface area contributed by atoms with Gasteiger partial charge in [-0.3, -0.25) is 14.4 Å². The van der Waals surface area contributed by atoms with Gasteiger partial charge in [-0.15, -0.1) is 6.58 Å². The van der Waals surface area contributed by atoms with E-state index in [0.29, 0.717) is 17.1 Å². The number of carboxylic acids is 1. The van der Waals surface area contributed by atoms with Gasteiger partial charge in [0, 0.05) is 6.54 Å². The number of aliphatic carboxylic acids is 1. The van der Waals surface area contributed by atoms with Crippen LogP contribution in [0.1, 0.15) is 34.1 Å². The predicted octanol–water partition coefficient (Wildman–Crippen LogP) is 2.97. The first kappa shape index (κ1) is 25.7. The first-order chi connectivity index (χ1) is 16.5. The maximum absolute atomic E-state index is 14.4. The summed E-state index contributed by atoms with van der Waals surface area (Å²) in [7, 11) is 0. The highest BCUT2D eigenvalue weighted by Gasteiger charge is 2.80. The van der Waals surface area contributed by atoms with Gasteiger partial charge in [0.25, 0.3) is 5.91 Å². The van der Waals surface area contributed by atoms with Crippen LogP contribution >= 0.6 is 11.6 Å². The average Bonchev–Trinajstić information content (AvgIpc) is 3.30. The van der Waals surface area contributed by atoms with Crippen molar-refractivity contribution in [3.63, 3.8) is 0 Å². The van der Waals surface area contributed by atoms with Crippen molar-refractivity contribution in [2.75, 3.05) is 18.1 Å². The molecule has 0 aromatic heterocycles. The van der Waals surface area contributed by atoms with Crippen molar-refractivity contribution in [1.82, 2.24) is 4.90 Å². The number of nitrogens with zero attached hydrogens (tertiary/aromatic N) is 2. The number of aliphatic hydroxyl groups excluding tert-OH is 1. The average molecular weight is 505 g/mol. The summed E-state index contributed by atoms with van der Waals surface area (Å²) in [6.45, 7) is 10.9. The Morgan fingerprint density at radius 3 is 2.57 bits per heavy atom. The number of benzene rings is 1. The zero-order valence-corrected chi connectivity index (χ0v) is 21.2. The van der Waals surface area contributed by atoms with E-state index in [2.05, 4.69) is 6.58 Å². The first-order valence-electron chi connectivity index (χ1n) is 12.0. The maximum atomic E-state index is 14.4. The molecule has 8 nitrogen and oxygen atoms in total. The number of ether oxygens (including phenoxy) is 1. The second kappa shape index (κ2) is 8.91. The van der Waals surface area contributed by atoms with E-state index in [1.54, 1.807) is 37.3 Å². The van der Waals surface area contributed by atoms with Crippen LogP contribution in [-0.2, 0) is 19.1 Å². The lowest BCUT2D eigenvalue weighted by Crippen LogP contribution is -2.60. The summed E-state index contributed by atoms with van der Waals surface area (Å²) in [6.07, 6.45) is 1.93. The molecule has 190 valence electrons. The first-order valence-corrected chi connectivity index (χ1v) is 12.4. The third kappa shape index (κ3) is 3.52. The van der Waals surface area contributed by atoms with E-state index in [-0.39, 0.29) is 25.0 Å². The van der Waals surface area contributed by atoms with E-state index in [1.165, 1.54) is 9.80 Å². The lowest BCUT2D eigenvalue weighted by atomic mass is 9.62. The summed E-state index contributed by atoms with van der Waals surface area (Å²) in [4.78, 5) is 43.7. The molecule has 0 radical (unpaired) electrons. The fourth-order valence-corrected chi connectivity index (χ4v) is 6.80. The Kier molecular flexibility index (Phi) is 6.53. The number of rotatable bonds is 8. The summed E-state index contributed by atoms with van der Waals surface area (Å²) in [5, 5.41) is 20.8. The zero-order valence-electron chi connectivity index (χ0n) is 20.5. The number of hydrogen-bond donors (Lipinski definition) is 2. The number of aliphatic hydroxyl groups is 1. The van der Waals surface area contributed by atoms with Gasteiger partial charge in [0.15, 0.2) is 0 Å². The molecule has 35 heavy (non-hydrogen) atoms. The summed E-state index contributed by atoms with van der Waals surface area (Å²) in [5.41, 5.74) is -1.95. The number of hydrogen-bond acceptors (Lipinski definition) is 5. The number of amides is 2. The minimum Gasteiger partial charge on any atom is -0.481 e. The van der Waals surface area contributed by atoms with E-state index < -0.39 is 52.9 Å². The zero-order chi connectivity index (χ0) is 25.9. The number of carboxylic acid groups (broad SMARTS) is 1. The molecule has 1 aromatic rings. The molecule has 2 bridgehead atoms. The van der Waals surface area contributed by atoms with E-state index in [1.807, 2.05) is 20.8 Å². The Morgan fingerprint density at radius 1 is 1.37 bits per heavy atom. The van der Waals surface area contributed by atoms with Crippen LogP contribution in [0.2, 0.25) is 5.02 Å². The predicted molar refractivity (Wildman–Crippen MR) is 131 cm³/mol. The molecule has 3 aliphatic heterocycles. The molecule has 2 amide bonds. The van der Waals surface area contributed by atoms with Crippen molar-refractivity contribution < 1.29 is 29.3 Å². The minimum absolute atomic E-state index is 0.127. The van der Waals surface area contributed by atoms with E-state index in [0.717, 1.165) is 0 Å². The summed E-state index contributed by atoms with van der Waals surface area (Å²) in [5.74, 6) is -4.52. The molecule has 0 aliphatic carbocycles. The van der Waals surface area contributed by atoms with Gasteiger partial charge >= 0.3 is 5.97 Å². The van der Waals surface area contributed by atoms with Gasteiger partial charge in [-0.2, -0.15) is 0 Å². The standard InChI is InChI=1S/C26H33ClN2O6/c1-6-11-28(17-10-8-7-9-16(17)27)23(32)21-26-12-15(4)25(5,35-26)20(24(33)34)19(26)22(31)29(21)18(13-30)14(2)3/h6-10,14-15,18-21,30H,1,11-13H2,2-5H3,(H,33,34)/t15?,18-,19-,20+,21?,25-,26?/m0/s1. The number of carbonyl (C=O) groups excluding carboxylic acids is 2. The topological polar surface area (TPSA) is 107 Å². The normalized spacial score (nSPS) is 34.3. The van der Waals surface area contributed by atoms with Crippen LogP contribution in [0.5, 0.6) is 0 Å². The van der Waals surface area contributed by atoms with Gasteiger partial charge in [-0.1, -0.05) is 50.6 Å². The number of likely N-dealkylation sites (tertiary alicyclic amines) is 1. The molecule has 1 aromatic carbocycles. The van der Waals surface area contributed by atoms with E-state index >= 15 is 0 Å². The van der Waals surface area contributed by atoms with Crippen molar-refractivity contribution >= 4 is 35.1 Å². The highest BCUT2D eigenvalue weighted by atomic mass is 35.5. The smallest absolute Gasteiger partial charge is 0.310 e. The van der Waals surface area contributed by atoms with Gasteiger partial charge in [-0.25, -0.2) is 0 Å². The second-order valence-electron chi connectivity index (χ2n) is 10.5. The van der Waals surface area contributed by atoms with Crippen molar-refractivity contribution in [1.29, 1.82) is 0 Å². The quantitative estimate of drug-likeness (QED) is 0.527. The molecule has 0 saturated carbocycles. The number of anilines is 1. The number of halogens is 1. The SMILES string of the molecule is C=CCN(C(=O)C1N([C@@H](CO)C(C)C)C(=O)[C@@H]2[C@H](C(=O)O)[C@@]3(C)OC12CC3C)c1ccccc1Cl. The lowest BCUT2D eigenvalue weighted by molar-refractivity contribution is -0.158. The lowest BCUT2D eigenvalue weighted by Gasteiger charge is -2.40. The maximum Gasteiger partial charge on any atom is 0.310 e. The Hall–Kier alpha value is -2.42. The van der Waals surface area contributed by atoms with Crippen molar-refractivity contribution in [2.45, 2.75) is 57.4 Å². The number of para-hydroxylation sites is 1. The van der Waals surface area contributed by atoms with Gasteiger partial charge in [0.2, 0.25) is 5.91 Å². The highest BCUT2D eigenvalue weighted by molar-refractivity contribution is 6.34. The monoisotopic (exact) mass is 504 g/mol. The summed E-state index contributed by atoms with van der Waals surface area (Å²) >= 11 is 6.45. The van der Waals surface area contributed by atoms with Crippen molar-refractivity contribution in [3.8, 4) is 0 Å².